The molecule has 6 heteroatoms. The van der Waals surface area contributed by atoms with E-state index in [0.29, 0.717) is 15.9 Å². The second-order valence-corrected chi connectivity index (χ2v) is 4.90. The molecule has 19 heavy (non-hydrogen) atoms. The molecule has 0 heterocycles. The topological polar surface area (TPSA) is 45.7 Å². The predicted molar refractivity (Wildman–Crippen MR) is 84.2 cm³/mol. The molecule has 0 atom stereocenters. The van der Waals surface area contributed by atoms with Gasteiger partial charge in [-0.2, -0.15) is 5.10 Å². The molecule has 104 valence electrons. The Kier molecular flexibility index (Phi) is 6.59. The van der Waals surface area contributed by atoms with Crippen molar-refractivity contribution in [2.45, 2.75) is 26.9 Å². The maximum atomic E-state index is 6.12. The summed E-state index contributed by atoms with van der Waals surface area (Å²) < 4.78 is 5.55. The smallest absolute Gasteiger partial charge is 0.186 e. The molecule has 0 aromatic heterocycles. The van der Waals surface area contributed by atoms with Crippen LogP contribution in [0.25, 0.3) is 0 Å². The molecule has 0 radical (unpaired) electrons. The summed E-state index contributed by atoms with van der Waals surface area (Å²) in [5.41, 5.74) is 3.58. The van der Waals surface area contributed by atoms with Gasteiger partial charge in [0.25, 0.3) is 0 Å². The maximum Gasteiger partial charge on any atom is 0.186 e. The third-order valence-electron chi connectivity index (χ3n) is 2.04. The van der Waals surface area contributed by atoms with E-state index in [1.165, 1.54) is 0 Å². The summed E-state index contributed by atoms with van der Waals surface area (Å²) in [6, 6.07) is 5.50. The van der Waals surface area contributed by atoms with Gasteiger partial charge in [0.2, 0.25) is 0 Å². The van der Waals surface area contributed by atoms with Crippen molar-refractivity contribution in [3.63, 3.8) is 0 Å². The minimum absolute atomic E-state index is 0.0937. The van der Waals surface area contributed by atoms with E-state index in [4.69, 9.17) is 28.6 Å². The standard InChI is InChI=1S/C13H18ClN3OS/c1-4-15-13(19)17-16-8-10-5-6-12(11(14)7-10)18-9(2)3/h5-9H,4H2,1-3H3,(H2,15,17,19)/b16-8-. The molecule has 4 nitrogen and oxygen atoms in total. The largest absolute Gasteiger partial charge is 0.489 e. The zero-order chi connectivity index (χ0) is 14.3. The summed E-state index contributed by atoms with van der Waals surface area (Å²) >= 11 is 11.1. The van der Waals surface area contributed by atoms with Crippen molar-refractivity contribution in [3.8, 4) is 5.75 Å². The minimum atomic E-state index is 0.0937. The van der Waals surface area contributed by atoms with E-state index in [1.807, 2.05) is 32.9 Å². The number of rotatable bonds is 5. The highest BCUT2D eigenvalue weighted by Crippen LogP contribution is 2.25. The van der Waals surface area contributed by atoms with Crippen LogP contribution in [0.15, 0.2) is 23.3 Å². The van der Waals surface area contributed by atoms with Crippen molar-refractivity contribution >= 4 is 35.1 Å². The fraction of sp³-hybridized carbons (Fsp3) is 0.385. The Bertz CT molecular complexity index is 463. The van der Waals surface area contributed by atoms with Gasteiger partial charge in [-0.1, -0.05) is 11.6 Å². The minimum Gasteiger partial charge on any atom is -0.489 e. The number of nitrogens with one attached hydrogen (secondary N) is 2. The van der Waals surface area contributed by atoms with E-state index in [2.05, 4.69) is 15.8 Å². The van der Waals surface area contributed by atoms with Crippen LogP contribution in [0.5, 0.6) is 5.75 Å². The number of hydrazone groups is 1. The highest BCUT2D eigenvalue weighted by Gasteiger charge is 2.04. The van der Waals surface area contributed by atoms with E-state index in [1.54, 1.807) is 12.3 Å². The number of hydrogen-bond donors (Lipinski definition) is 2. The summed E-state index contributed by atoms with van der Waals surface area (Å²) in [5, 5.41) is 8.00. The zero-order valence-corrected chi connectivity index (χ0v) is 12.8. The highest BCUT2D eigenvalue weighted by molar-refractivity contribution is 7.80. The van der Waals surface area contributed by atoms with Gasteiger partial charge in [0.05, 0.1) is 17.3 Å². The quantitative estimate of drug-likeness (QED) is 0.498. The molecule has 0 saturated heterocycles. The molecule has 0 aliphatic carbocycles. The van der Waals surface area contributed by atoms with Gasteiger partial charge in [0.15, 0.2) is 5.11 Å². The van der Waals surface area contributed by atoms with Crippen LogP contribution in [0, 0.1) is 0 Å². The molecule has 1 rings (SSSR count). The SMILES string of the molecule is CCNC(=S)N/N=C\c1ccc(OC(C)C)c(Cl)c1. The third kappa shape index (κ3) is 5.89. The Labute approximate surface area is 124 Å². The lowest BCUT2D eigenvalue weighted by Crippen LogP contribution is -2.31. The predicted octanol–water partition coefficient (Wildman–Crippen LogP) is 2.95. The summed E-state index contributed by atoms with van der Waals surface area (Å²) in [5.74, 6) is 0.671. The number of hydrogen-bond acceptors (Lipinski definition) is 3. The van der Waals surface area contributed by atoms with E-state index >= 15 is 0 Å². The molecular formula is C13H18ClN3OS. The molecule has 0 amide bonds. The van der Waals surface area contributed by atoms with Crippen LogP contribution in [0.4, 0.5) is 0 Å². The summed E-state index contributed by atoms with van der Waals surface area (Å²) in [6.45, 7) is 6.63. The first kappa shape index (κ1) is 15.7. The monoisotopic (exact) mass is 299 g/mol. The van der Waals surface area contributed by atoms with Crippen LogP contribution >= 0.6 is 23.8 Å². The van der Waals surface area contributed by atoms with E-state index in [9.17, 15) is 0 Å². The Hall–Kier alpha value is -1.33. The summed E-state index contributed by atoms with van der Waals surface area (Å²) in [7, 11) is 0. The van der Waals surface area contributed by atoms with Crippen molar-refractivity contribution in [2.75, 3.05) is 6.54 Å². The number of thiocarbonyl (C=S) groups is 1. The van der Waals surface area contributed by atoms with Gasteiger partial charge < -0.3 is 10.1 Å². The lowest BCUT2D eigenvalue weighted by Gasteiger charge is -2.11. The number of halogens is 1. The Balaban J connectivity index is 2.63. The van der Waals surface area contributed by atoms with Crippen molar-refractivity contribution in [1.29, 1.82) is 0 Å². The van der Waals surface area contributed by atoms with Crippen LogP contribution < -0.4 is 15.5 Å². The third-order valence-corrected chi connectivity index (χ3v) is 2.57. The van der Waals surface area contributed by atoms with Crippen LogP contribution in [0.3, 0.4) is 0 Å². The second kappa shape index (κ2) is 7.96. The summed E-state index contributed by atoms with van der Waals surface area (Å²) in [4.78, 5) is 0. The van der Waals surface area contributed by atoms with E-state index < -0.39 is 0 Å². The molecular weight excluding hydrogens is 282 g/mol. The first-order chi connectivity index (χ1) is 9.02. The highest BCUT2D eigenvalue weighted by atomic mass is 35.5. The molecule has 0 saturated carbocycles. The van der Waals surface area contributed by atoms with Crippen molar-refractivity contribution in [1.82, 2.24) is 10.7 Å². The van der Waals surface area contributed by atoms with Gasteiger partial charge in [0, 0.05) is 6.54 Å². The van der Waals surface area contributed by atoms with Gasteiger partial charge in [0.1, 0.15) is 5.75 Å². The normalized spacial score (nSPS) is 10.8. The number of ether oxygens (including phenoxy) is 1. The lowest BCUT2D eigenvalue weighted by atomic mass is 10.2. The molecule has 0 fully saturated rings. The van der Waals surface area contributed by atoms with Crippen LogP contribution in [-0.4, -0.2) is 24.0 Å². The second-order valence-electron chi connectivity index (χ2n) is 4.09. The fourth-order valence-electron chi connectivity index (χ4n) is 1.31. The lowest BCUT2D eigenvalue weighted by molar-refractivity contribution is 0.242. The molecule has 1 aromatic rings. The van der Waals surface area contributed by atoms with Crippen LogP contribution in [-0.2, 0) is 0 Å². The van der Waals surface area contributed by atoms with Crippen LogP contribution in [0.2, 0.25) is 5.02 Å². The average Bonchev–Trinajstić information content (AvgIpc) is 2.32. The molecule has 2 N–H and O–H groups in total. The summed E-state index contributed by atoms with van der Waals surface area (Å²) in [6.07, 6.45) is 1.74. The maximum absolute atomic E-state index is 6.12. The van der Waals surface area contributed by atoms with Gasteiger partial charge in [-0.25, -0.2) is 0 Å². The first-order valence-corrected chi connectivity index (χ1v) is 6.84. The fourth-order valence-corrected chi connectivity index (χ4v) is 1.74. The zero-order valence-electron chi connectivity index (χ0n) is 11.2. The van der Waals surface area contributed by atoms with Crippen molar-refractivity contribution < 1.29 is 4.74 Å². The number of benzene rings is 1. The first-order valence-electron chi connectivity index (χ1n) is 6.06. The molecule has 0 unspecified atom stereocenters. The molecule has 1 aromatic carbocycles. The number of nitrogens with zero attached hydrogens (tertiary/aromatic N) is 1. The van der Waals surface area contributed by atoms with Crippen molar-refractivity contribution in [3.05, 3.63) is 28.8 Å². The Morgan fingerprint density at radius 1 is 1.53 bits per heavy atom. The Morgan fingerprint density at radius 3 is 2.84 bits per heavy atom. The molecule has 0 spiro atoms. The van der Waals surface area contributed by atoms with Crippen molar-refractivity contribution in [2.24, 2.45) is 5.10 Å². The van der Waals surface area contributed by atoms with Gasteiger partial charge in [-0.3, -0.25) is 5.43 Å². The van der Waals surface area contributed by atoms with Crippen LogP contribution in [0.1, 0.15) is 26.3 Å². The Morgan fingerprint density at radius 2 is 2.26 bits per heavy atom. The van der Waals surface area contributed by atoms with Gasteiger partial charge >= 0.3 is 0 Å². The molecule has 0 bridgehead atoms. The average molecular weight is 300 g/mol. The van der Waals surface area contributed by atoms with E-state index in [0.717, 1.165) is 12.1 Å². The molecule has 0 aliphatic heterocycles. The van der Waals surface area contributed by atoms with E-state index in [-0.39, 0.29) is 6.10 Å². The van der Waals surface area contributed by atoms with Gasteiger partial charge in [-0.05, 0) is 56.8 Å². The van der Waals surface area contributed by atoms with Gasteiger partial charge in [-0.15, -0.1) is 0 Å². The molecule has 0 aliphatic rings.